The molecule has 9 heteroatoms. The molecule has 0 spiro atoms. The summed E-state index contributed by atoms with van der Waals surface area (Å²) in [6.07, 6.45) is 4.85. The molecule has 3 aromatic rings. The Morgan fingerprint density at radius 2 is 2.00 bits per heavy atom. The van der Waals surface area contributed by atoms with Gasteiger partial charge in [0.25, 0.3) is 0 Å². The topological polar surface area (TPSA) is 72.8 Å². The Morgan fingerprint density at radius 3 is 2.73 bits per heavy atom. The molecule has 26 heavy (non-hydrogen) atoms. The second-order valence-corrected chi connectivity index (χ2v) is 9.00. The molecule has 0 radical (unpaired) electrons. The molecule has 3 rings (SSSR count). The largest absolute Gasteiger partial charge is 0.480 e. The van der Waals surface area contributed by atoms with Gasteiger partial charge in [-0.25, -0.2) is 15.0 Å². The van der Waals surface area contributed by atoms with Crippen molar-refractivity contribution in [1.29, 1.82) is 0 Å². The molecule has 1 N–H and O–H groups in total. The second kappa shape index (κ2) is 8.25. The van der Waals surface area contributed by atoms with Crippen LogP contribution in [0.1, 0.15) is 0 Å². The number of nitrogens with zero attached hydrogens (tertiary/aromatic N) is 4. The number of hydrogen-bond donors (Lipinski definition) is 1. The Balaban J connectivity index is 2.04. The van der Waals surface area contributed by atoms with Crippen LogP contribution in [0.25, 0.3) is 11.1 Å². The van der Waals surface area contributed by atoms with Gasteiger partial charge in [-0.3, -0.25) is 0 Å². The fraction of sp³-hybridized carbons (Fsp3) is 0.176. The van der Waals surface area contributed by atoms with Gasteiger partial charge in [-0.05, 0) is 63.9 Å². The molecule has 0 aliphatic heterocycles. The van der Waals surface area contributed by atoms with Gasteiger partial charge in [0.05, 0.1) is 17.1 Å². The average molecular weight is 453 g/mol. The van der Waals surface area contributed by atoms with Crippen molar-refractivity contribution in [1.82, 2.24) is 19.9 Å². The molecule has 1 aromatic carbocycles. The summed E-state index contributed by atoms with van der Waals surface area (Å²) in [4.78, 5) is 16.5. The Kier molecular flexibility index (Phi) is 6.01. The molecular formula is C17H16BrClN5OP. The zero-order valence-electron chi connectivity index (χ0n) is 14.4. The molecule has 134 valence electrons. The third kappa shape index (κ3) is 4.11. The number of halogens is 2. The van der Waals surface area contributed by atoms with E-state index in [4.69, 9.17) is 16.3 Å². The molecule has 0 aliphatic carbocycles. The predicted octanol–water partition coefficient (Wildman–Crippen LogP) is 4.47. The summed E-state index contributed by atoms with van der Waals surface area (Å²) in [6.45, 7) is 4.39. The summed E-state index contributed by atoms with van der Waals surface area (Å²) in [7, 11) is 1.22. The molecule has 0 unspecified atom stereocenters. The maximum Gasteiger partial charge on any atom is 0.224 e. The molecule has 0 saturated carbocycles. The highest BCUT2D eigenvalue weighted by Gasteiger charge is 2.14. The molecule has 0 fully saturated rings. The van der Waals surface area contributed by atoms with Gasteiger partial charge in [0.2, 0.25) is 11.2 Å². The van der Waals surface area contributed by atoms with Crippen LogP contribution in [0.15, 0.2) is 41.4 Å². The molecular weight excluding hydrogens is 437 g/mol. The van der Waals surface area contributed by atoms with Crippen LogP contribution in [0.5, 0.6) is 5.88 Å². The van der Waals surface area contributed by atoms with E-state index in [2.05, 4.69) is 60.6 Å². The monoisotopic (exact) mass is 451 g/mol. The first-order valence-corrected chi connectivity index (χ1v) is 11.0. The number of nitrogens with one attached hydrogen (secondary N) is 1. The van der Waals surface area contributed by atoms with Crippen LogP contribution in [-0.4, -0.2) is 40.4 Å². The van der Waals surface area contributed by atoms with E-state index in [9.17, 15) is 0 Å². The average Bonchev–Trinajstić information content (AvgIpc) is 2.64. The number of benzene rings is 1. The lowest BCUT2D eigenvalue weighted by Gasteiger charge is -2.17. The maximum absolute atomic E-state index is 5.92. The maximum atomic E-state index is 5.92. The highest BCUT2D eigenvalue weighted by atomic mass is 79.9. The van der Waals surface area contributed by atoms with Crippen LogP contribution in [-0.2, 0) is 0 Å². The van der Waals surface area contributed by atoms with Crippen molar-refractivity contribution in [2.24, 2.45) is 0 Å². The molecule has 0 saturated heterocycles. The minimum absolute atomic E-state index is 0.190. The van der Waals surface area contributed by atoms with Gasteiger partial charge in [0.1, 0.15) is 12.1 Å². The third-order valence-corrected chi connectivity index (χ3v) is 5.72. The summed E-state index contributed by atoms with van der Waals surface area (Å²) < 4.78 is 6.10. The van der Waals surface area contributed by atoms with Crippen molar-refractivity contribution >= 4 is 52.3 Å². The second-order valence-electron chi connectivity index (χ2n) is 5.53. The number of aromatic nitrogens is 4. The van der Waals surface area contributed by atoms with Crippen LogP contribution in [0.3, 0.4) is 0 Å². The zero-order chi connectivity index (χ0) is 18.7. The van der Waals surface area contributed by atoms with Gasteiger partial charge >= 0.3 is 0 Å². The molecule has 2 heterocycles. The molecule has 0 amide bonds. The molecule has 0 atom stereocenters. The Morgan fingerprint density at radius 1 is 1.19 bits per heavy atom. The molecule has 0 bridgehead atoms. The highest BCUT2D eigenvalue weighted by molar-refractivity contribution is 9.10. The zero-order valence-corrected chi connectivity index (χ0v) is 17.6. The van der Waals surface area contributed by atoms with E-state index in [1.54, 1.807) is 19.5 Å². The summed E-state index contributed by atoms with van der Waals surface area (Å²) in [5.41, 5.74) is 2.82. The normalized spacial score (nSPS) is 10.8. The number of methoxy groups -OCH3 is 1. The summed E-state index contributed by atoms with van der Waals surface area (Å²) >= 11 is 9.36. The number of rotatable bonds is 5. The minimum Gasteiger partial charge on any atom is -0.480 e. The van der Waals surface area contributed by atoms with Crippen molar-refractivity contribution in [3.63, 3.8) is 0 Å². The van der Waals surface area contributed by atoms with E-state index in [-0.39, 0.29) is 13.2 Å². The van der Waals surface area contributed by atoms with E-state index in [1.165, 1.54) is 11.6 Å². The number of ether oxygens (including phenoxy) is 1. The van der Waals surface area contributed by atoms with Gasteiger partial charge in [-0.15, -0.1) is 0 Å². The van der Waals surface area contributed by atoms with Gasteiger partial charge < -0.3 is 10.1 Å². The smallest absolute Gasteiger partial charge is 0.224 e. The lowest BCUT2D eigenvalue weighted by atomic mass is 10.1. The van der Waals surface area contributed by atoms with E-state index >= 15 is 0 Å². The number of hydrogen-bond acceptors (Lipinski definition) is 6. The number of anilines is 2. The van der Waals surface area contributed by atoms with E-state index in [1.807, 2.05) is 12.1 Å². The molecule has 2 aromatic heterocycles. The van der Waals surface area contributed by atoms with E-state index in [0.29, 0.717) is 11.7 Å². The first-order chi connectivity index (χ1) is 12.5. The summed E-state index contributed by atoms with van der Waals surface area (Å²) in [5.74, 6) is 1.17. The first kappa shape index (κ1) is 19.0. The standard InChI is InChI=1S/C17H16BrClN5OP/c1-25-16-11(7-20-9-22-16)10-4-5-13(14(6-10)26(2)3)23-15-12(18)8-21-17(19)24-15/h4-9H,1-3H3,(H,21,23,24). The fourth-order valence-corrected chi connectivity index (χ4v) is 3.85. The summed E-state index contributed by atoms with van der Waals surface area (Å²) in [6, 6.07) is 6.15. The summed E-state index contributed by atoms with van der Waals surface area (Å²) in [5, 5.41) is 4.72. The van der Waals surface area contributed by atoms with Crippen molar-refractivity contribution < 1.29 is 4.74 Å². The first-order valence-electron chi connectivity index (χ1n) is 7.60. The van der Waals surface area contributed by atoms with E-state index in [0.717, 1.165) is 21.3 Å². The SMILES string of the molecule is COc1ncncc1-c1ccc(Nc2nc(Cl)ncc2Br)c(P(C)C)c1. The third-order valence-electron chi connectivity index (χ3n) is 3.63. The highest BCUT2D eigenvalue weighted by Crippen LogP contribution is 2.35. The van der Waals surface area contributed by atoms with Crippen molar-refractivity contribution in [2.75, 3.05) is 25.8 Å². The van der Waals surface area contributed by atoms with E-state index < -0.39 is 0 Å². The predicted molar refractivity (Wildman–Crippen MR) is 110 cm³/mol. The van der Waals surface area contributed by atoms with Crippen molar-refractivity contribution in [3.8, 4) is 17.0 Å². The minimum atomic E-state index is -0.386. The van der Waals surface area contributed by atoms with Crippen LogP contribution < -0.4 is 15.4 Å². The Bertz CT molecular complexity index is 941. The van der Waals surface area contributed by atoms with Crippen LogP contribution >= 0.6 is 35.5 Å². The van der Waals surface area contributed by atoms with Crippen LogP contribution in [0.2, 0.25) is 5.28 Å². The van der Waals surface area contributed by atoms with Gasteiger partial charge in [0, 0.05) is 18.1 Å². The Labute approximate surface area is 166 Å². The van der Waals surface area contributed by atoms with Gasteiger partial charge in [-0.2, -0.15) is 4.98 Å². The van der Waals surface area contributed by atoms with Crippen molar-refractivity contribution in [2.45, 2.75) is 0 Å². The van der Waals surface area contributed by atoms with Crippen LogP contribution in [0, 0.1) is 0 Å². The lowest BCUT2D eigenvalue weighted by molar-refractivity contribution is 0.398. The van der Waals surface area contributed by atoms with Gasteiger partial charge in [0.15, 0.2) is 0 Å². The molecule has 6 nitrogen and oxygen atoms in total. The van der Waals surface area contributed by atoms with Crippen LogP contribution in [0.4, 0.5) is 11.5 Å². The quantitative estimate of drug-likeness (QED) is 0.455. The van der Waals surface area contributed by atoms with Crippen molar-refractivity contribution in [3.05, 3.63) is 46.7 Å². The lowest BCUT2D eigenvalue weighted by Crippen LogP contribution is -2.09. The fourth-order valence-electron chi connectivity index (χ4n) is 2.41. The molecule has 0 aliphatic rings. The van der Waals surface area contributed by atoms with Gasteiger partial charge in [-0.1, -0.05) is 14.0 Å². The Hall–Kier alpha value is -1.82.